The van der Waals surface area contributed by atoms with Gasteiger partial charge in [-0.15, -0.1) is 24.8 Å². The number of halogens is 2. The van der Waals surface area contributed by atoms with Crippen LogP contribution in [0.4, 0.5) is 0 Å². The monoisotopic (exact) mass is 792 g/mol. The summed E-state index contributed by atoms with van der Waals surface area (Å²) >= 11 is 0. The number of carboxylic acids is 2. The number of likely N-dealkylation sites (tertiary alicyclic amines) is 2. The van der Waals surface area contributed by atoms with E-state index in [0.717, 1.165) is 51.9 Å². The maximum absolute atomic E-state index is 10.5. The van der Waals surface area contributed by atoms with E-state index in [9.17, 15) is 9.59 Å². The highest BCUT2D eigenvalue weighted by atomic mass is 35.5. The second-order valence-electron chi connectivity index (χ2n) is 13.5. The minimum atomic E-state index is -0.961. The Morgan fingerprint density at radius 3 is 1.02 bits per heavy atom. The van der Waals surface area contributed by atoms with Gasteiger partial charge in [-0.05, 0) is 81.1 Å². The number of hydrogen-bond donors (Lipinski definition) is 6. The molecule has 22 heteroatoms. The quantitative estimate of drug-likeness (QED) is 0.0844. The lowest BCUT2D eigenvalue weighted by Crippen LogP contribution is -2.44. The van der Waals surface area contributed by atoms with Crippen molar-refractivity contribution in [3.8, 4) is 0 Å². The van der Waals surface area contributed by atoms with Crippen molar-refractivity contribution in [1.29, 1.82) is 10.8 Å². The van der Waals surface area contributed by atoms with Crippen molar-refractivity contribution in [3.05, 3.63) is 0 Å². The molecular formula is C30H66Cl2N12O8. The number of hydrogen-bond acceptors (Lipinski definition) is 10. The van der Waals surface area contributed by atoms with Crippen LogP contribution >= 0.6 is 24.8 Å². The molecule has 0 aliphatic carbocycles. The molecule has 16 N–H and O–H groups in total. The van der Waals surface area contributed by atoms with E-state index in [1.54, 1.807) is 27.7 Å². The lowest BCUT2D eigenvalue weighted by atomic mass is 10.0. The van der Waals surface area contributed by atoms with E-state index >= 15 is 0 Å². The molecule has 0 saturated carbocycles. The Kier molecular flexibility index (Phi) is 30.5. The van der Waals surface area contributed by atoms with E-state index in [2.05, 4.69) is 40.2 Å². The van der Waals surface area contributed by atoms with E-state index in [-0.39, 0.29) is 84.3 Å². The predicted octanol–water partition coefficient (Wildman–Crippen LogP) is 1.35. The van der Waals surface area contributed by atoms with E-state index in [0.29, 0.717) is 11.7 Å². The Labute approximate surface area is 319 Å². The van der Waals surface area contributed by atoms with Crippen LogP contribution < -0.4 is 11.5 Å². The highest BCUT2D eigenvalue weighted by Crippen LogP contribution is 2.24. The zero-order valence-electron chi connectivity index (χ0n) is 31.7. The molecule has 2 saturated heterocycles. The van der Waals surface area contributed by atoms with Crippen LogP contribution in [0.2, 0.25) is 0 Å². The molecule has 0 spiro atoms. The maximum Gasteiger partial charge on any atom is 0.305 e. The standard InChI is InChI=1S/C16H30N6.C14H26N6O4.2ClH.4H2O/c1-15(2,13(17)21-9-5-6-10-21)19-20-16(3,4)14(18)22-11-7-8-12-22;1-13(2,11(15)17-7-5-9(21)22)19-20-14(3,4)12(16)18-8-6-10(23)24;;;;;;/h17-18H,5-12H2,1-4H3;5-8H2,1-4H3,(H2,15,17)(H2,16,18)(H,21,22)(H,23,24);2*1H;4*1H2. The largest absolute Gasteiger partial charge is 0.481 e. The first-order valence-electron chi connectivity index (χ1n) is 15.7. The number of carbonyl (C=O) groups is 2. The topological polar surface area (TPSA) is 381 Å². The van der Waals surface area contributed by atoms with Gasteiger partial charge in [0, 0.05) is 26.2 Å². The number of amidine groups is 4. The van der Waals surface area contributed by atoms with E-state index in [4.69, 9.17) is 32.5 Å². The van der Waals surface area contributed by atoms with Gasteiger partial charge in [-0.25, -0.2) is 0 Å². The second kappa shape index (κ2) is 26.2. The van der Waals surface area contributed by atoms with Crippen molar-refractivity contribution in [2.45, 2.75) is 116 Å². The first kappa shape index (κ1) is 60.5. The van der Waals surface area contributed by atoms with Gasteiger partial charge in [0.1, 0.15) is 45.5 Å². The first-order valence-corrected chi connectivity index (χ1v) is 15.7. The van der Waals surface area contributed by atoms with Crippen molar-refractivity contribution in [2.75, 3.05) is 39.3 Å². The summed E-state index contributed by atoms with van der Waals surface area (Å²) in [4.78, 5) is 33.1. The van der Waals surface area contributed by atoms with E-state index in [1.807, 2.05) is 27.7 Å². The zero-order valence-corrected chi connectivity index (χ0v) is 33.4. The molecule has 0 aromatic carbocycles. The van der Waals surface area contributed by atoms with Gasteiger partial charge in [0.15, 0.2) is 0 Å². The van der Waals surface area contributed by atoms with Gasteiger partial charge in [-0.1, -0.05) is 0 Å². The molecule has 2 heterocycles. The van der Waals surface area contributed by atoms with E-state index in [1.165, 1.54) is 0 Å². The smallest absolute Gasteiger partial charge is 0.305 e. The SMILES string of the molecule is CC(C)(N=NC(C)(C)C(=N)N1CCCC1)C(=N)N1CCCC1.CC(C)(N=NC(C)(C)C(N)=NCCC(=O)O)C(N)=NCCC(=O)O.Cl.Cl.O.O.O.O. The van der Waals surface area contributed by atoms with Gasteiger partial charge in [0.25, 0.3) is 0 Å². The summed E-state index contributed by atoms with van der Waals surface area (Å²) in [5, 5.41) is 51.1. The van der Waals surface area contributed by atoms with Crippen molar-refractivity contribution in [2.24, 2.45) is 41.9 Å². The van der Waals surface area contributed by atoms with Crippen LogP contribution in [0.5, 0.6) is 0 Å². The fourth-order valence-corrected chi connectivity index (χ4v) is 4.28. The average molecular weight is 794 g/mol. The van der Waals surface area contributed by atoms with Crippen LogP contribution in [-0.4, -0.2) is 139 Å². The summed E-state index contributed by atoms with van der Waals surface area (Å²) in [6.45, 7) is 18.4. The van der Waals surface area contributed by atoms with Crippen LogP contribution in [0.1, 0.15) is 93.9 Å². The summed E-state index contributed by atoms with van der Waals surface area (Å²) in [6, 6.07) is 0. The molecule has 0 aromatic rings. The van der Waals surface area contributed by atoms with Crippen molar-refractivity contribution >= 4 is 60.1 Å². The number of rotatable bonds is 14. The maximum atomic E-state index is 10.5. The molecule has 20 nitrogen and oxygen atoms in total. The van der Waals surface area contributed by atoms with E-state index < -0.39 is 34.1 Å². The summed E-state index contributed by atoms with van der Waals surface area (Å²) in [7, 11) is 0. The van der Waals surface area contributed by atoms with Crippen molar-refractivity contribution in [3.63, 3.8) is 0 Å². The number of aliphatic imine (C=N–C) groups is 2. The van der Waals surface area contributed by atoms with Crippen LogP contribution in [0.3, 0.4) is 0 Å². The number of azo groups is 2. The molecule has 2 fully saturated rings. The number of nitrogens with two attached hydrogens (primary N) is 2. The molecule has 2 aliphatic heterocycles. The number of aliphatic carboxylic acids is 2. The van der Waals surface area contributed by atoms with Crippen LogP contribution in [-0.2, 0) is 9.59 Å². The minimum absolute atomic E-state index is 0. The third kappa shape index (κ3) is 20.5. The summed E-state index contributed by atoms with van der Waals surface area (Å²) < 4.78 is 0. The predicted molar refractivity (Wildman–Crippen MR) is 210 cm³/mol. The fourth-order valence-electron chi connectivity index (χ4n) is 4.28. The highest BCUT2D eigenvalue weighted by Gasteiger charge is 2.34. The Balaban J connectivity index is -0.000000183. The average Bonchev–Trinajstić information content (AvgIpc) is 3.69. The summed E-state index contributed by atoms with van der Waals surface area (Å²) in [6.07, 6.45) is 4.37. The molecule has 0 radical (unpaired) electrons. The Morgan fingerprint density at radius 2 is 0.788 bits per heavy atom. The molecule has 52 heavy (non-hydrogen) atoms. The minimum Gasteiger partial charge on any atom is -0.481 e. The molecule has 2 aliphatic rings. The normalized spacial score (nSPS) is 15.1. The lowest BCUT2D eigenvalue weighted by Gasteiger charge is -2.31. The Morgan fingerprint density at radius 1 is 0.558 bits per heavy atom. The summed E-state index contributed by atoms with van der Waals surface area (Å²) in [5.41, 5.74) is 8.54. The molecule has 308 valence electrons. The van der Waals surface area contributed by atoms with Crippen molar-refractivity contribution < 1.29 is 41.7 Å². The molecule has 0 bridgehead atoms. The third-order valence-electron chi connectivity index (χ3n) is 7.57. The molecule has 0 amide bonds. The molecule has 2 rings (SSSR count). The number of nitrogens with one attached hydrogen (secondary N) is 2. The molecule has 0 atom stereocenters. The van der Waals surface area contributed by atoms with Gasteiger partial charge in [0.05, 0.1) is 25.9 Å². The Bertz CT molecular complexity index is 1130. The van der Waals surface area contributed by atoms with Gasteiger partial charge in [-0.3, -0.25) is 30.4 Å². The zero-order chi connectivity index (χ0) is 35.3. The number of carboxylic acid groups (broad SMARTS) is 2. The first-order chi connectivity index (χ1) is 21.1. The molecular weight excluding hydrogens is 727 g/mol. The van der Waals surface area contributed by atoms with Gasteiger partial charge < -0.3 is 53.4 Å². The van der Waals surface area contributed by atoms with Crippen LogP contribution in [0, 0.1) is 10.8 Å². The molecule has 0 aromatic heterocycles. The summed E-state index contributed by atoms with van der Waals surface area (Å²) in [5.74, 6) is -0.529. The number of nitrogens with zero attached hydrogens (tertiary/aromatic N) is 8. The second-order valence-corrected chi connectivity index (χ2v) is 13.5. The van der Waals surface area contributed by atoms with Crippen molar-refractivity contribution in [1.82, 2.24) is 9.80 Å². The van der Waals surface area contributed by atoms with Crippen LogP contribution in [0.25, 0.3) is 0 Å². The van der Waals surface area contributed by atoms with Crippen LogP contribution in [0.15, 0.2) is 30.4 Å². The van der Waals surface area contributed by atoms with Gasteiger partial charge >= 0.3 is 11.9 Å². The third-order valence-corrected chi connectivity index (χ3v) is 7.57. The van der Waals surface area contributed by atoms with Gasteiger partial charge in [-0.2, -0.15) is 20.5 Å². The lowest BCUT2D eigenvalue weighted by molar-refractivity contribution is -0.137. The van der Waals surface area contributed by atoms with Gasteiger partial charge in [0.2, 0.25) is 0 Å². The Hall–Kier alpha value is -3.56. The molecule has 0 unspecified atom stereocenters. The highest BCUT2D eigenvalue weighted by molar-refractivity contribution is 5.91. The fraction of sp³-hybridized carbons (Fsp3) is 0.800.